The van der Waals surface area contributed by atoms with Crippen molar-refractivity contribution < 1.29 is 4.74 Å². The molecule has 4 nitrogen and oxygen atoms in total. The molecule has 1 aromatic rings. The van der Waals surface area contributed by atoms with E-state index in [1.165, 1.54) is 0 Å². The quantitative estimate of drug-likeness (QED) is 0.698. The average molecular weight is 181 g/mol. The van der Waals surface area contributed by atoms with Crippen molar-refractivity contribution in [3.63, 3.8) is 0 Å². The third-order valence-corrected chi connectivity index (χ3v) is 1.70. The fourth-order valence-electron chi connectivity index (χ4n) is 1.08. The van der Waals surface area contributed by atoms with Crippen molar-refractivity contribution in [2.45, 2.75) is 6.92 Å². The fraction of sp³-hybridized carbons (Fsp3) is 0.333. The number of rotatable bonds is 4. The first-order valence-electron chi connectivity index (χ1n) is 4.12. The Kier molecular flexibility index (Phi) is 3.40. The zero-order valence-electron chi connectivity index (χ0n) is 7.76. The Bertz CT molecular complexity index is 276. The van der Waals surface area contributed by atoms with Gasteiger partial charge in [0.15, 0.2) is 0 Å². The van der Waals surface area contributed by atoms with Gasteiger partial charge in [-0.05, 0) is 19.1 Å². The third kappa shape index (κ3) is 2.26. The molecule has 0 aromatic heterocycles. The predicted octanol–water partition coefficient (Wildman–Crippen LogP) is 2.04. The lowest BCUT2D eigenvalue weighted by atomic mass is 10.2. The zero-order valence-corrected chi connectivity index (χ0v) is 7.76. The van der Waals surface area contributed by atoms with Gasteiger partial charge in [-0.1, -0.05) is 0 Å². The second-order valence-electron chi connectivity index (χ2n) is 2.54. The number of hydrogen-bond donors (Lipinski definition) is 2. The molecule has 0 spiro atoms. The molecule has 1 rings (SSSR count). The Balaban J connectivity index is 2.95. The van der Waals surface area contributed by atoms with E-state index in [9.17, 15) is 5.21 Å². The van der Waals surface area contributed by atoms with E-state index in [0.717, 1.165) is 18.0 Å². The number of hydrogen-bond acceptors (Lipinski definition) is 4. The molecular weight excluding hydrogens is 168 g/mol. The minimum absolute atomic E-state index is 0.530. The SMILES string of the molecule is CCNc1cc(OC)ccc1N[O-]. The topological polar surface area (TPSA) is 56.3 Å². The summed E-state index contributed by atoms with van der Waals surface area (Å²) in [6.07, 6.45) is 0. The molecule has 0 aliphatic carbocycles. The largest absolute Gasteiger partial charge is 0.761 e. The molecule has 0 atom stereocenters. The van der Waals surface area contributed by atoms with Crippen LogP contribution < -0.4 is 15.5 Å². The lowest BCUT2D eigenvalue weighted by Gasteiger charge is -2.16. The summed E-state index contributed by atoms with van der Waals surface area (Å²) in [5.74, 6) is 0.731. The van der Waals surface area contributed by atoms with Crippen molar-refractivity contribution >= 4 is 11.4 Å². The highest BCUT2D eigenvalue weighted by molar-refractivity contribution is 5.71. The van der Waals surface area contributed by atoms with Crippen LogP contribution in [0.5, 0.6) is 5.75 Å². The summed E-state index contributed by atoms with van der Waals surface area (Å²) in [5, 5.41) is 13.6. The molecule has 0 fully saturated rings. The first kappa shape index (κ1) is 9.67. The Morgan fingerprint density at radius 1 is 1.38 bits per heavy atom. The van der Waals surface area contributed by atoms with Crippen LogP contribution in [-0.4, -0.2) is 13.7 Å². The van der Waals surface area contributed by atoms with Gasteiger partial charge in [0.05, 0.1) is 12.8 Å². The van der Waals surface area contributed by atoms with Crippen LogP contribution in [-0.2, 0) is 0 Å². The van der Waals surface area contributed by atoms with Crippen LogP contribution in [0.3, 0.4) is 0 Å². The fourth-order valence-corrected chi connectivity index (χ4v) is 1.08. The van der Waals surface area contributed by atoms with E-state index in [2.05, 4.69) is 5.32 Å². The zero-order chi connectivity index (χ0) is 9.68. The molecule has 0 saturated heterocycles. The molecule has 0 bridgehead atoms. The molecule has 0 heterocycles. The van der Waals surface area contributed by atoms with Crippen LogP contribution in [0.4, 0.5) is 11.4 Å². The van der Waals surface area contributed by atoms with E-state index in [1.54, 1.807) is 25.3 Å². The van der Waals surface area contributed by atoms with E-state index in [1.807, 2.05) is 12.4 Å². The van der Waals surface area contributed by atoms with Gasteiger partial charge in [0.25, 0.3) is 0 Å². The summed E-state index contributed by atoms with van der Waals surface area (Å²) in [5.41, 5.74) is 3.15. The van der Waals surface area contributed by atoms with Gasteiger partial charge < -0.3 is 20.7 Å². The highest BCUT2D eigenvalue weighted by Gasteiger charge is 1.99. The molecule has 72 valence electrons. The van der Waals surface area contributed by atoms with Crippen molar-refractivity contribution in [1.82, 2.24) is 0 Å². The highest BCUT2D eigenvalue weighted by Crippen LogP contribution is 2.26. The van der Waals surface area contributed by atoms with Crippen molar-refractivity contribution in [2.75, 3.05) is 24.5 Å². The van der Waals surface area contributed by atoms with Gasteiger partial charge in [-0.3, -0.25) is 0 Å². The number of anilines is 2. The number of nitrogens with one attached hydrogen (secondary N) is 2. The Morgan fingerprint density at radius 2 is 2.15 bits per heavy atom. The van der Waals surface area contributed by atoms with Gasteiger partial charge in [-0.2, -0.15) is 0 Å². The van der Waals surface area contributed by atoms with Crippen LogP contribution in [0.15, 0.2) is 18.2 Å². The van der Waals surface area contributed by atoms with Gasteiger partial charge in [0.2, 0.25) is 0 Å². The summed E-state index contributed by atoms with van der Waals surface area (Å²) in [4.78, 5) is 0. The predicted molar refractivity (Wildman–Crippen MR) is 54.1 cm³/mol. The van der Waals surface area contributed by atoms with Gasteiger partial charge in [0, 0.05) is 18.3 Å². The van der Waals surface area contributed by atoms with Gasteiger partial charge in [0.1, 0.15) is 5.75 Å². The Labute approximate surface area is 77.5 Å². The van der Waals surface area contributed by atoms with Crippen LogP contribution in [0.2, 0.25) is 0 Å². The molecule has 0 saturated carbocycles. The first-order valence-corrected chi connectivity index (χ1v) is 4.12. The van der Waals surface area contributed by atoms with Gasteiger partial charge >= 0.3 is 0 Å². The minimum atomic E-state index is 0.530. The van der Waals surface area contributed by atoms with Crippen molar-refractivity contribution in [3.8, 4) is 5.75 Å². The van der Waals surface area contributed by atoms with Crippen LogP contribution in [0.1, 0.15) is 6.92 Å². The third-order valence-electron chi connectivity index (χ3n) is 1.70. The minimum Gasteiger partial charge on any atom is -0.761 e. The molecule has 0 amide bonds. The normalized spacial score (nSPS) is 9.46. The average Bonchev–Trinajstić information content (AvgIpc) is 2.18. The highest BCUT2D eigenvalue weighted by atomic mass is 16.5. The molecule has 13 heavy (non-hydrogen) atoms. The molecule has 1 aromatic carbocycles. The van der Waals surface area contributed by atoms with E-state index in [0.29, 0.717) is 5.69 Å². The standard InChI is InChI=1S/C9H13N2O2/c1-3-10-9-6-7(13-2)4-5-8(9)11-12/h4-6,10-11H,3H2,1-2H3/q-1. The lowest BCUT2D eigenvalue weighted by Crippen LogP contribution is -2.00. The second-order valence-corrected chi connectivity index (χ2v) is 2.54. The maximum atomic E-state index is 10.5. The van der Waals surface area contributed by atoms with Crippen molar-refractivity contribution in [2.24, 2.45) is 0 Å². The lowest BCUT2D eigenvalue weighted by molar-refractivity contribution is 0.415. The molecule has 0 radical (unpaired) electrons. The number of ether oxygens (including phenoxy) is 1. The maximum absolute atomic E-state index is 10.5. The summed E-state index contributed by atoms with van der Waals surface area (Å²) >= 11 is 0. The van der Waals surface area contributed by atoms with Crippen LogP contribution in [0.25, 0.3) is 0 Å². The van der Waals surface area contributed by atoms with Crippen LogP contribution >= 0.6 is 0 Å². The molecule has 2 N–H and O–H groups in total. The van der Waals surface area contributed by atoms with Gasteiger partial charge in [-0.15, -0.1) is 0 Å². The molecule has 4 heteroatoms. The monoisotopic (exact) mass is 181 g/mol. The number of methoxy groups -OCH3 is 1. The molecular formula is C9H13N2O2-. The smallest absolute Gasteiger partial charge is 0.121 e. The van der Waals surface area contributed by atoms with E-state index >= 15 is 0 Å². The molecule has 0 aliphatic heterocycles. The number of benzene rings is 1. The van der Waals surface area contributed by atoms with Gasteiger partial charge in [-0.25, -0.2) is 0 Å². The van der Waals surface area contributed by atoms with E-state index < -0.39 is 0 Å². The molecule has 0 aliphatic rings. The summed E-state index contributed by atoms with van der Waals surface area (Å²) in [6, 6.07) is 5.20. The van der Waals surface area contributed by atoms with E-state index in [-0.39, 0.29) is 0 Å². The summed E-state index contributed by atoms with van der Waals surface area (Å²) < 4.78 is 5.03. The van der Waals surface area contributed by atoms with E-state index in [4.69, 9.17) is 4.74 Å². The maximum Gasteiger partial charge on any atom is 0.121 e. The van der Waals surface area contributed by atoms with Crippen LogP contribution in [0, 0.1) is 5.21 Å². The second kappa shape index (κ2) is 4.57. The summed E-state index contributed by atoms with van der Waals surface area (Å²) in [6.45, 7) is 2.73. The van der Waals surface area contributed by atoms with Crippen molar-refractivity contribution in [3.05, 3.63) is 23.4 Å². The first-order chi connectivity index (χ1) is 6.31. The summed E-state index contributed by atoms with van der Waals surface area (Å²) in [7, 11) is 1.59. The Hall–Kier alpha value is -1.42. The van der Waals surface area contributed by atoms with Crippen molar-refractivity contribution in [1.29, 1.82) is 0 Å². The molecule has 0 unspecified atom stereocenters. The Morgan fingerprint density at radius 3 is 2.69 bits per heavy atom.